The Bertz CT molecular complexity index is 1030. The molecule has 0 unspecified atom stereocenters. The zero-order valence-corrected chi connectivity index (χ0v) is 12.4. The van der Waals surface area contributed by atoms with E-state index in [1.54, 1.807) is 35.2 Å². The summed E-state index contributed by atoms with van der Waals surface area (Å²) in [6.07, 6.45) is 5.65. The second kappa shape index (κ2) is 5.66. The van der Waals surface area contributed by atoms with Crippen LogP contribution in [0.15, 0.2) is 61.1 Å². The van der Waals surface area contributed by atoms with Crippen molar-refractivity contribution in [2.45, 2.75) is 0 Å². The molecule has 24 heavy (non-hydrogen) atoms. The van der Waals surface area contributed by atoms with Crippen molar-refractivity contribution >= 4 is 11.9 Å². The molecule has 0 bridgehead atoms. The first-order valence-corrected chi connectivity index (χ1v) is 7.26. The molecular formula is C18H11FN4O. The Morgan fingerprint density at radius 2 is 1.92 bits per heavy atom. The molecule has 6 heteroatoms. The summed E-state index contributed by atoms with van der Waals surface area (Å²) in [6.45, 7) is 0. The topological polar surface area (TPSA) is 60.2 Å². The van der Waals surface area contributed by atoms with Crippen molar-refractivity contribution in [2.24, 2.45) is 0 Å². The fourth-order valence-electron chi connectivity index (χ4n) is 2.55. The first-order valence-electron chi connectivity index (χ1n) is 7.26. The largest absolute Gasteiger partial charge is 0.296 e. The van der Waals surface area contributed by atoms with Crippen LogP contribution < -0.4 is 0 Å². The number of hydrogen-bond acceptors (Lipinski definition) is 4. The van der Waals surface area contributed by atoms with E-state index in [0.29, 0.717) is 23.3 Å². The second-order valence-electron chi connectivity index (χ2n) is 5.24. The molecule has 0 aliphatic rings. The molecule has 0 aliphatic heterocycles. The smallest absolute Gasteiger partial charge is 0.170 e. The van der Waals surface area contributed by atoms with E-state index in [4.69, 9.17) is 0 Å². The third-order valence-electron chi connectivity index (χ3n) is 3.68. The monoisotopic (exact) mass is 318 g/mol. The number of carbonyl (C=O) groups is 1. The van der Waals surface area contributed by atoms with Crippen molar-refractivity contribution in [1.82, 2.24) is 19.6 Å². The fraction of sp³-hybridized carbons (Fsp3) is 0. The van der Waals surface area contributed by atoms with Gasteiger partial charge in [0, 0.05) is 29.1 Å². The van der Waals surface area contributed by atoms with Gasteiger partial charge in [-0.15, -0.1) is 0 Å². The van der Waals surface area contributed by atoms with Crippen LogP contribution in [-0.4, -0.2) is 25.9 Å². The quantitative estimate of drug-likeness (QED) is 0.543. The highest BCUT2D eigenvalue weighted by Crippen LogP contribution is 2.28. The van der Waals surface area contributed by atoms with E-state index in [-0.39, 0.29) is 5.82 Å². The zero-order chi connectivity index (χ0) is 16.5. The molecule has 0 spiro atoms. The number of imidazole rings is 1. The summed E-state index contributed by atoms with van der Waals surface area (Å²) in [7, 11) is 0. The van der Waals surface area contributed by atoms with Gasteiger partial charge in [0.15, 0.2) is 11.9 Å². The first kappa shape index (κ1) is 14.2. The minimum Gasteiger partial charge on any atom is -0.296 e. The van der Waals surface area contributed by atoms with Crippen LogP contribution in [0.4, 0.5) is 4.39 Å². The van der Waals surface area contributed by atoms with Crippen LogP contribution in [0.25, 0.3) is 28.0 Å². The van der Waals surface area contributed by atoms with Crippen LogP contribution >= 0.6 is 0 Å². The van der Waals surface area contributed by atoms with Crippen molar-refractivity contribution in [3.05, 3.63) is 72.6 Å². The maximum Gasteiger partial charge on any atom is 0.170 e. The highest BCUT2D eigenvalue weighted by molar-refractivity contribution is 5.83. The van der Waals surface area contributed by atoms with Crippen molar-refractivity contribution in [2.75, 3.05) is 0 Å². The highest BCUT2D eigenvalue weighted by Gasteiger charge is 2.13. The van der Waals surface area contributed by atoms with Crippen molar-refractivity contribution in [3.8, 4) is 22.4 Å². The predicted octanol–water partition coefficient (Wildman–Crippen LogP) is 3.41. The molecule has 4 rings (SSSR count). The van der Waals surface area contributed by atoms with Crippen LogP contribution in [0.5, 0.6) is 0 Å². The second-order valence-corrected chi connectivity index (χ2v) is 5.24. The fourth-order valence-corrected chi connectivity index (χ4v) is 2.55. The average molecular weight is 318 g/mol. The maximum absolute atomic E-state index is 13.2. The van der Waals surface area contributed by atoms with Crippen LogP contribution in [0.2, 0.25) is 0 Å². The number of halogens is 1. The summed E-state index contributed by atoms with van der Waals surface area (Å²) in [6, 6.07) is 11.7. The summed E-state index contributed by atoms with van der Waals surface area (Å²) >= 11 is 0. The minimum absolute atomic E-state index is 0.295. The molecule has 3 heterocycles. The van der Waals surface area contributed by atoms with Gasteiger partial charge >= 0.3 is 0 Å². The van der Waals surface area contributed by atoms with Gasteiger partial charge in [-0.1, -0.05) is 6.07 Å². The van der Waals surface area contributed by atoms with Gasteiger partial charge in [-0.05, 0) is 36.4 Å². The van der Waals surface area contributed by atoms with Crippen LogP contribution in [-0.2, 0) is 0 Å². The van der Waals surface area contributed by atoms with E-state index in [2.05, 4.69) is 15.1 Å². The summed E-state index contributed by atoms with van der Waals surface area (Å²) in [4.78, 5) is 19.5. The lowest BCUT2D eigenvalue weighted by molar-refractivity contribution is 0.111. The molecule has 3 aromatic heterocycles. The van der Waals surface area contributed by atoms with E-state index < -0.39 is 0 Å². The third-order valence-corrected chi connectivity index (χ3v) is 3.68. The molecule has 0 fully saturated rings. The summed E-state index contributed by atoms with van der Waals surface area (Å²) in [5, 5.41) is 4.48. The predicted molar refractivity (Wildman–Crippen MR) is 87.0 cm³/mol. The number of pyridine rings is 1. The molecule has 1 aromatic carbocycles. The number of nitrogens with zero attached hydrogens (tertiary/aromatic N) is 4. The Labute approximate surface area is 136 Å². The summed E-state index contributed by atoms with van der Waals surface area (Å²) in [5.74, 6) is -0.307. The molecule has 0 saturated heterocycles. The molecule has 4 aromatic rings. The van der Waals surface area contributed by atoms with E-state index in [1.807, 2.05) is 18.2 Å². The Kier molecular flexibility index (Phi) is 3.35. The van der Waals surface area contributed by atoms with E-state index in [0.717, 1.165) is 16.7 Å². The molecule has 0 saturated carbocycles. The van der Waals surface area contributed by atoms with Gasteiger partial charge in [-0.25, -0.2) is 13.9 Å². The zero-order valence-electron chi connectivity index (χ0n) is 12.4. The van der Waals surface area contributed by atoms with Crippen molar-refractivity contribution in [3.63, 3.8) is 0 Å². The maximum atomic E-state index is 13.2. The molecule has 116 valence electrons. The molecule has 0 radical (unpaired) electrons. The third kappa shape index (κ3) is 2.44. The van der Waals surface area contributed by atoms with E-state index >= 15 is 0 Å². The normalized spacial score (nSPS) is 10.9. The molecule has 0 N–H and O–H groups in total. The number of rotatable bonds is 3. The van der Waals surface area contributed by atoms with Gasteiger partial charge < -0.3 is 0 Å². The number of benzene rings is 1. The molecule has 5 nitrogen and oxygen atoms in total. The summed E-state index contributed by atoms with van der Waals surface area (Å²) in [5.41, 5.74) is 3.93. The van der Waals surface area contributed by atoms with Crippen LogP contribution in [0.3, 0.4) is 0 Å². The molecule has 0 amide bonds. The number of carbonyl (C=O) groups excluding carboxylic acids is 1. The lowest BCUT2D eigenvalue weighted by Crippen LogP contribution is -1.97. The highest BCUT2D eigenvalue weighted by atomic mass is 19.1. The lowest BCUT2D eigenvalue weighted by Gasteiger charge is -2.07. The average Bonchev–Trinajstić information content (AvgIpc) is 3.05. The Hall–Kier alpha value is -3.41. The van der Waals surface area contributed by atoms with Gasteiger partial charge in [-0.3, -0.25) is 9.78 Å². The van der Waals surface area contributed by atoms with Gasteiger partial charge in [-0.2, -0.15) is 5.10 Å². The van der Waals surface area contributed by atoms with Gasteiger partial charge in [0.1, 0.15) is 11.5 Å². The summed E-state index contributed by atoms with van der Waals surface area (Å²) < 4.78 is 14.7. The van der Waals surface area contributed by atoms with Crippen molar-refractivity contribution in [1.29, 1.82) is 0 Å². The molecule has 0 aliphatic carbocycles. The molecular weight excluding hydrogens is 307 g/mol. The van der Waals surface area contributed by atoms with Gasteiger partial charge in [0.2, 0.25) is 0 Å². The Morgan fingerprint density at radius 3 is 2.62 bits per heavy atom. The standard InChI is InChI=1S/C18H11FN4O/c19-14-5-3-12(4-6-14)17-8-16(13-2-1-7-20-9-13)18-21-15(11-24)10-23(18)22-17/h1-11H. The van der Waals surface area contributed by atoms with Gasteiger partial charge in [0.05, 0.1) is 11.9 Å². The number of aldehydes is 1. The Balaban J connectivity index is 1.99. The van der Waals surface area contributed by atoms with E-state index in [1.165, 1.54) is 12.1 Å². The first-order chi connectivity index (χ1) is 11.7. The van der Waals surface area contributed by atoms with Crippen LogP contribution in [0.1, 0.15) is 10.5 Å². The minimum atomic E-state index is -0.307. The number of fused-ring (bicyclic) bond motifs is 1. The number of aromatic nitrogens is 4. The van der Waals surface area contributed by atoms with Crippen molar-refractivity contribution < 1.29 is 9.18 Å². The van der Waals surface area contributed by atoms with Gasteiger partial charge in [0.25, 0.3) is 0 Å². The molecule has 0 atom stereocenters. The lowest BCUT2D eigenvalue weighted by atomic mass is 10.1. The van der Waals surface area contributed by atoms with Crippen LogP contribution in [0, 0.1) is 5.82 Å². The SMILES string of the molecule is O=Cc1cn2nc(-c3ccc(F)cc3)cc(-c3cccnc3)c2n1. The van der Waals surface area contributed by atoms with E-state index in [9.17, 15) is 9.18 Å². The Morgan fingerprint density at radius 1 is 1.08 bits per heavy atom. The number of hydrogen-bond donors (Lipinski definition) is 0.